The molecule has 0 radical (unpaired) electrons. The summed E-state index contributed by atoms with van der Waals surface area (Å²) in [4.78, 5) is 0. The molecule has 1 heterocycles. The summed E-state index contributed by atoms with van der Waals surface area (Å²) >= 11 is 0. The van der Waals surface area contributed by atoms with Gasteiger partial charge in [0, 0.05) is 13.2 Å². The molecule has 0 unspecified atom stereocenters. The fourth-order valence-corrected chi connectivity index (χ4v) is 1.29. The number of aliphatic hydroxyl groups is 1. The molecule has 2 nitrogen and oxygen atoms in total. The van der Waals surface area contributed by atoms with Gasteiger partial charge in [-0.3, -0.25) is 0 Å². The standard InChI is InChI=1S/C8H7F6NO/c1-15-4-2-3-5(15)6(16,7(9,10)11)8(12,13)14/h2-4,16H,1H3. The minimum Gasteiger partial charge on any atom is -0.368 e. The van der Waals surface area contributed by atoms with E-state index in [0.717, 1.165) is 19.3 Å². The summed E-state index contributed by atoms with van der Waals surface area (Å²) < 4.78 is 74.7. The van der Waals surface area contributed by atoms with Gasteiger partial charge in [-0.15, -0.1) is 0 Å². The highest BCUT2D eigenvalue weighted by molar-refractivity contribution is 5.20. The van der Waals surface area contributed by atoms with Gasteiger partial charge in [-0.2, -0.15) is 26.3 Å². The van der Waals surface area contributed by atoms with Gasteiger partial charge in [-0.1, -0.05) is 0 Å². The number of hydrogen-bond acceptors (Lipinski definition) is 1. The predicted molar refractivity (Wildman–Crippen MR) is 41.4 cm³/mol. The molecular weight excluding hydrogens is 240 g/mol. The molecule has 92 valence electrons. The number of aromatic nitrogens is 1. The zero-order valence-electron chi connectivity index (χ0n) is 7.89. The Kier molecular flexibility index (Phi) is 2.74. The fraction of sp³-hybridized carbons (Fsp3) is 0.500. The van der Waals surface area contributed by atoms with Crippen molar-refractivity contribution in [1.29, 1.82) is 0 Å². The number of aryl methyl sites for hydroxylation is 1. The smallest absolute Gasteiger partial charge is 0.368 e. The number of rotatable bonds is 1. The maximum Gasteiger partial charge on any atom is 0.432 e. The largest absolute Gasteiger partial charge is 0.432 e. The molecule has 1 aromatic rings. The van der Waals surface area contributed by atoms with E-state index >= 15 is 0 Å². The van der Waals surface area contributed by atoms with Crippen LogP contribution in [-0.4, -0.2) is 22.0 Å². The van der Waals surface area contributed by atoms with Crippen molar-refractivity contribution in [3.05, 3.63) is 24.0 Å². The first-order valence-corrected chi connectivity index (χ1v) is 3.99. The topological polar surface area (TPSA) is 25.2 Å². The van der Waals surface area contributed by atoms with Crippen molar-refractivity contribution < 1.29 is 31.4 Å². The molecule has 0 aromatic carbocycles. The minimum absolute atomic E-state index is 0.570. The molecule has 0 atom stereocenters. The molecule has 0 saturated heterocycles. The van der Waals surface area contributed by atoms with Crippen molar-refractivity contribution in [2.45, 2.75) is 18.0 Å². The maximum absolute atomic E-state index is 12.4. The summed E-state index contributed by atoms with van der Waals surface area (Å²) in [5.41, 5.74) is -6.12. The maximum atomic E-state index is 12.4. The van der Waals surface area contributed by atoms with Crippen molar-refractivity contribution in [3.8, 4) is 0 Å². The summed E-state index contributed by atoms with van der Waals surface area (Å²) in [6.45, 7) is 0. The van der Waals surface area contributed by atoms with Crippen LogP contribution < -0.4 is 0 Å². The molecule has 0 fully saturated rings. The number of alkyl halides is 6. The second-order valence-corrected chi connectivity index (χ2v) is 3.21. The van der Waals surface area contributed by atoms with Crippen LogP contribution in [0, 0.1) is 0 Å². The van der Waals surface area contributed by atoms with E-state index < -0.39 is 23.6 Å². The average molecular weight is 247 g/mol. The van der Waals surface area contributed by atoms with Crippen LogP contribution in [0.4, 0.5) is 26.3 Å². The predicted octanol–water partition coefficient (Wildman–Crippen LogP) is 2.34. The molecule has 0 aliphatic carbocycles. The van der Waals surface area contributed by atoms with Gasteiger partial charge in [0.15, 0.2) is 0 Å². The Morgan fingerprint density at radius 1 is 1.06 bits per heavy atom. The molecule has 1 aromatic heterocycles. The van der Waals surface area contributed by atoms with Crippen LogP contribution in [0.3, 0.4) is 0 Å². The normalized spacial score (nSPS) is 14.2. The van der Waals surface area contributed by atoms with Crippen LogP contribution in [-0.2, 0) is 12.6 Å². The van der Waals surface area contributed by atoms with Gasteiger partial charge in [0.2, 0.25) is 0 Å². The lowest BCUT2D eigenvalue weighted by Gasteiger charge is -2.32. The van der Waals surface area contributed by atoms with Crippen LogP contribution in [0.15, 0.2) is 18.3 Å². The zero-order valence-corrected chi connectivity index (χ0v) is 7.89. The van der Waals surface area contributed by atoms with Gasteiger partial charge >= 0.3 is 12.4 Å². The monoisotopic (exact) mass is 247 g/mol. The number of halogens is 6. The van der Waals surface area contributed by atoms with E-state index in [0.29, 0.717) is 10.6 Å². The highest BCUT2D eigenvalue weighted by Gasteiger charge is 2.72. The van der Waals surface area contributed by atoms with Crippen molar-refractivity contribution in [3.63, 3.8) is 0 Å². The Labute approximate surface area is 86.1 Å². The van der Waals surface area contributed by atoms with E-state index in [-0.39, 0.29) is 0 Å². The lowest BCUT2D eigenvalue weighted by Crippen LogP contribution is -2.54. The Morgan fingerprint density at radius 2 is 1.50 bits per heavy atom. The lowest BCUT2D eigenvalue weighted by atomic mass is 9.98. The molecular formula is C8H7F6NO. The second-order valence-electron chi connectivity index (χ2n) is 3.21. The third-order valence-electron chi connectivity index (χ3n) is 2.13. The molecule has 0 saturated carbocycles. The van der Waals surface area contributed by atoms with Crippen LogP contribution in [0.25, 0.3) is 0 Å². The molecule has 0 amide bonds. The van der Waals surface area contributed by atoms with E-state index in [1.807, 2.05) is 0 Å². The first kappa shape index (κ1) is 12.9. The summed E-state index contributed by atoms with van der Waals surface area (Å²) in [7, 11) is 0.984. The number of nitrogens with zero attached hydrogens (tertiary/aromatic N) is 1. The Bertz CT molecular complexity index is 363. The van der Waals surface area contributed by atoms with Crippen LogP contribution in [0.1, 0.15) is 5.69 Å². The first-order chi connectivity index (χ1) is 7.02. The SMILES string of the molecule is Cn1cccc1C(O)(C(F)(F)F)C(F)(F)F. The highest BCUT2D eigenvalue weighted by Crippen LogP contribution is 2.49. The molecule has 8 heteroatoms. The fourth-order valence-electron chi connectivity index (χ4n) is 1.29. The van der Waals surface area contributed by atoms with Crippen LogP contribution >= 0.6 is 0 Å². The Hall–Kier alpha value is -1.18. The molecule has 1 N–H and O–H groups in total. The zero-order chi connectivity index (χ0) is 12.8. The second kappa shape index (κ2) is 3.41. The van der Waals surface area contributed by atoms with Crippen molar-refractivity contribution in [2.75, 3.05) is 0 Å². The molecule has 0 aliphatic rings. The van der Waals surface area contributed by atoms with Crippen molar-refractivity contribution >= 4 is 0 Å². The van der Waals surface area contributed by atoms with Gasteiger partial charge in [-0.05, 0) is 12.1 Å². The summed E-state index contributed by atoms with van der Waals surface area (Å²) in [5, 5.41) is 8.95. The van der Waals surface area contributed by atoms with E-state index in [1.54, 1.807) is 0 Å². The third-order valence-corrected chi connectivity index (χ3v) is 2.13. The number of hydrogen-bond donors (Lipinski definition) is 1. The molecule has 0 aliphatic heterocycles. The van der Waals surface area contributed by atoms with E-state index in [9.17, 15) is 26.3 Å². The summed E-state index contributed by atoms with van der Waals surface area (Å²) in [5.74, 6) is 0. The first-order valence-electron chi connectivity index (χ1n) is 3.99. The summed E-state index contributed by atoms with van der Waals surface area (Å²) in [6.07, 6.45) is -10.7. The third kappa shape index (κ3) is 1.66. The molecule has 0 bridgehead atoms. The van der Waals surface area contributed by atoms with Gasteiger partial charge in [0.05, 0.1) is 5.69 Å². The molecule has 0 spiro atoms. The average Bonchev–Trinajstić information content (AvgIpc) is 2.46. The van der Waals surface area contributed by atoms with Gasteiger partial charge in [0.25, 0.3) is 5.60 Å². The van der Waals surface area contributed by atoms with Crippen molar-refractivity contribution in [2.24, 2.45) is 7.05 Å². The van der Waals surface area contributed by atoms with E-state index in [4.69, 9.17) is 5.11 Å². The molecule has 16 heavy (non-hydrogen) atoms. The van der Waals surface area contributed by atoms with Gasteiger partial charge in [-0.25, -0.2) is 0 Å². The lowest BCUT2D eigenvalue weighted by molar-refractivity contribution is -0.378. The van der Waals surface area contributed by atoms with Gasteiger partial charge < -0.3 is 9.67 Å². The van der Waals surface area contributed by atoms with Crippen LogP contribution in [0.2, 0.25) is 0 Å². The van der Waals surface area contributed by atoms with Gasteiger partial charge in [0.1, 0.15) is 0 Å². The van der Waals surface area contributed by atoms with E-state index in [1.165, 1.54) is 0 Å². The summed E-state index contributed by atoms with van der Waals surface area (Å²) in [6, 6.07) is 1.55. The van der Waals surface area contributed by atoms with Crippen LogP contribution in [0.5, 0.6) is 0 Å². The Morgan fingerprint density at radius 3 is 1.75 bits per heavy atom. The minimum atomic E-state index is -5.84. The Balaban J connectivity index is 3.45. The van der Waals surface area contributed by atoms with E-state index in [2.05, 4.69) is 0 Å². The highest BCUT2D eigenvalue weighted by atomic mass is 19.4. The molecule has 1 rings (SSSR count). The quantitative estimate of drug-likeness (QED) is 0.757. The van der Waals surface area contributed by atoms with Crippen molar-refractivity contribution in [1.82, 2.24) is 4.57 Å².